The van der Waals surface area contributed by atoms with E-state index in [0.717, 1.165) is 25.9 Å². The Morgan fingerprint density at radius 1 is 1.26 bits per heavy atom. The predicted octanol–water partition coefficient (Wildman–Crippen LogP) is 1.49. The van der Waals surface area contributed by atoms with E-state index in [2.05, 4.69) is 17.4 Å². The van der Waals surface area contributed by atoms with Crippen LogP contribution in [-0.4, -0.2) is 42.9 Å². The summed E-state index contributed by atoms with van der Waals surface area (Å²) in [6.07, 6.45) is 2.33. The third kappa shape index (κ3) is 4.79. The molecule has 0 spiro atoms. The van der Waals surface area contributed by atoms with Crippen molar-refractivity contribution in [1.29, 1.82) is 0 Å². The van der Waals surface area contributed by atoms with Gasteiger partial charge in [-0.1, -0.05) is 37.3 Å². The number of benzene rings is 1. The summed E-state index contributed by atoms with van der Waals surface area (Å²) in [4.78, 5) is 25.2. The van der Waals surface area contributed by atoms with Crippen LogP contribution < -0.4 is 11.1 Å². The third-order valence-corrected chi connectivity index (χ3v) is 4.70. The maximum atomic E-state index is 12.1. The molecule has 0 radical (unpaired) electrons. The Balaban J connectivity index is 1.85. The van der Waals surface area contributed by atoms with Crippen molar-refractivity contribution in [1.82, 2.24) is 10.2 Å². The van der Waals surface area contributed by atoms with Crippen LogP contribution in [0.4, 0.5) is 0 Å². The van der Waals surface area contributed by atoms with Crippen molar-refractivity contribution in [3.8, 4) is 0 Å². The first kappa shape index (κ1) is 17.5. The molecule has 1 aromatic rings. The van der Waals surface area contributed by atoms with Crippen LogP contribution >= 0.6 is 0 Å². The molecule has 1 saturated heterocycles. The maximum absolute atomic E-state index is 12.1. The summed E-state index contributed by atoms with van der Waals surface area (Å²) in [5, 5.41) is 2.65. The Labute approximate surface area is 138 Å². The molecule has 2 amide bonds. The monoisotopic (exact) mass is 317 g/mol. The number of nitrogens with zero attached hydrogens (tertiary/aromatic N) is 1. The fraction of sp³-hybridized carbons (Fsp3) is 0.556. The molecular formula is C18H27N3O2. The fourth-order valence-corrected chi connectivity index (χ4v) is 3.26. The lowest BCUT2D eigenvalue weighted by Gasteiger charge is -2.36. The Kier molecular flexibility index (Phi) is 6.59. The van der Waals surface area contributed by atoms with Gasteiger partial charge in [0.2, 0.25) is 11.8 Å². The normalized spacial score (nSPS) is 16.9. The molecule has 1 fully saturated rings. The average molecular weight is 317 g/mol. The number of hydrogen-bond acceptors (Lipinski definition) is 3. The van der Waals surface area contributed by atoms with E-state index < -0.39 is 0 Å². The van der Waals surface area contributed by atoms with Crippen molar-refractivity contribution in [3.63, 3.8) is 0 Å². The quantitative estimate of drug-likeness (QED) is 0.835. The number of amides is 2. The van der Waals surface area contributed by atoms with Gasteiger partial charge in [0.25, 0.3) is 0 Å². The van der Waals surface area contributed by atoms with Crippen LogP contribution in [0.1, 0.15) is 37.7 Å². The number of nitrogens with two attached hydrogens (primary N) is 1. The van der Waals surface area contributed by atoms with Crippen molar-refractivity contribution < 1.29 is 9.59 Å². The van der Waals surface area contributed by atoms with Gasteiger partial charge in [-0.3, -0.25) is 9.59 Å². The highest BCUT2D eigenvalue weighted by Crippen LogP contribution is 2.31. The van der Waals surface area contributed by atoms with E-state index in [0.29, 0.717) is 24.8 Å². The standard InChI is InChI=1S/C18H27N3O2/c1-2-17(22)20-13-18(23)21-10-8-15(9-11-21)16(12-19)14-6-4-3-5-7-14/h3-7,15-16H,2,8-13,19H2,1H3,(H,20,22). The van der Waals surface area contributed by atoms with Gasteiger partial charge in [0.15, 0.2) is 0 Å². The summed E-state index contributed by atoms with van der Waals surface area (Å²) in [6.45, 7) is 4.01. The van der Waals surface area contributed by atoms with Gasteiger partial charge in [0.1, 0.15) is 0 Å². The minimum Gasteiger partial charge on any atom is -0.347 e. The third-order valence-electron chi connectivity index (χ3n) is 4.70. The van der Waals surface area contributed by atoms with Gasteiger partial charge in [0, 0.05) is 19.5 Å². The molecule has 0 aromatic heterocycles. The van der Waals surface area contributed by atoms with E-state index >= 15 is 0 Å². The van der Waals surface area contributed by atoms with Gasteiger partial charge in [-0.25, -0.2) is 0 Å². The molecule has 2 rings (SSSR count). The van der Waals surface area contributed by atoms with Crippen LogP contribution in [0.25, 0.3) is 0 Å². The van der Waals surface area contributed by atoms with Gasteiger partial charge in [0.05, 0.1) is 6.54 Å². The molecule has 1 unspecified atom stereocenters. The molecule has 0 bridgehead atoms. The first-order valence-electron chi connectivity index (χ1n) is 8.45. The number of rotatable bonds is 6. The second-order valence-electron chi connectivity index (χ2n) is 6.10. The molecule has 0 aliphatic carbocycles. The molecule has 1 aromatic carbocycles. The molecule has 23 heavy (non-hydrogen) atoms. The summed E-state index contributed by atoms with van der Waals surface area (Å²) in [5.74, 6) is 0.791. The summed E-state index contributed by atoms with van der Waals surface area (Å²) in [6, 6.07) is 10.4. The number of nitrogens with one attached hydrogen (secondary N) is 1. The summed E-state index contributed by atoms with van der Waals surface area (Å²) in [7, 11) is 0. The van der Waals surface area contributed by atoms with E-state index in [1.807, 2.05) is 23.1 Å². The number of piperidine rings is 1. The molecule has 126 valence electrons. The van der Waals surface area contributed by atoms with Gasteiger partial charge >= 0.3 is 0 Å². The van der Waals surface area contributed by atoms with Crippen LogP contribution in [0.5, 0.6) is 0 Å². The number of hydrogen-bond donors (Lipinski definition) is 2. The van der Waals surface area contributed by atoms with Gasteiger partial charge in [-0.05, 0) is 36.8 Å². The molecular weight excluding hydrogens is 290 g/mol. The van der Waals surface area contributed by atoms with Crippen LogP contribution in [0, 0.1) is 5.92 Å². The molecule has 5 nitrogen and oxygen atoms in total. The van der Waals surface area contributed by atoms with Crippen molar-refractivity contribution >= 4 is 11.8 Å². The first-order chi connectivity index (χ1) is 11.2. The molecule has 1 aliphatic heterocycles. The van der Waals surface area contributed by atoms with Gasteiger partial charge in [-0.2, -0.15) is 0 Å². The van der Waals surface area contributed by atoms with E-state index in [1.165, 1.54) is 5.56 Å². The van der Waals surface area contributed by atoms with Crippen LogP contribution in [-0.2, 0) is 9.59 Å². The molecule has 1 heterocycles. The maximum Gasteiger partial charge on any atom is 0.241 e. The van der Waals surface area contributed by atoms with E-state index in [4.69, 9.17) is 5.73 Å². The van der Waals surface area contributed by atoms with E-state index in [9.17, 15) is 9.59 Å². The Hall–Kier alpha value is -1.88. The summed E-state index contributed by atoms with van der Waals surface area (Å²) in [5.41, 5.74) is 7.29. The summed E-state index contributed by atoms with van der Waals surface area (Å²) < 4.78 is 0. The fourth-order valence-electron chi connectivity index (χ4n) is 3.26. The lowest BCUT2D eigenvalue weighted by atomic mass is 9.80. The Bertz CT molecular complexity index is 510. The predicted molar refractivity (Wildman–Crippen MR) is 90.8 cm³/mol. The number of carbonyl (C=O) groups is 2. The van der Waals surface area contributed by atoms with E-state index in [-0.39, 0.29) is 18.4 Å². The molecule has 1 aliphatic rings. The smallest absolute Gasteiger partial charge is 0.241 e. The van der Waals surface area contributed by atoms with Crippen LogP contribution in [0.3, 0.4) is 0 Å². The SMILES string of the molecule is CCC(=O)NCC(=O)N1CCC(C(CN)c2ccccc2)CC1. The van der Waals surface area contributed by atoms with Gasteiger partial charge in [-0.15, -0.1) is 0 Å². The minimum atomic E-state index is -0.0829. The van der Waals surface area contributed by atoms with Crippen molar-refractivity contribution in [2.24, 2.45) is 11.7 Å². The topological polar surface area (TPSA) is 75.4 Å². The molecule has 5 heteroatoms. The van der Waals surface area contributed by atoms with Crippen LogP contribution in [0.15, 0.2) is 30.3 Å². The summed E-state index contributed by atoms with van der Waals surface area (Å²) >= 11 is 0. The van der Waals surface area contributed by atoms with Crippen molar-refractivity contribution in [2.75, 3.05) is 26.2 Å². The zero-order valence-electron chi connectivity index (χ0n) is 13.8. The first-order valence-corrected chi connectivity index (χ1v) is 8.45. The molecule has 0 saturated carbocycles. The molecule has 3 N–H and O–H groups in total. The highest BCUT2D eigenvalue weighted by atomic mass is 16.2. The van der Waals surface area contributed by atoms with Crippen molar-refractivity contribution in [3.05, 3.63) is 35.9 Å². The highest BCUT2D eigenvalue weighted by molar-refractivity contribution is 5.84. The minimum absolute atomic E-state index is 0.00857. The largest absolute Gasteiger partial charge is 0.347 e. The Morgan fingerprint density at radius 2 is 1.91 bits per heavy atom. The number of likely N-dealkylation sites (tertiary alicyclic amines) is 1. The lowest BCUT2D eigenvalue weighted by molar-refractivity contribution is -0.134. The van der Waals surface area contributed by atoms with Crippen LogP contribution in [0.2, 0.25) is 0 Å². The second kappa shape index (κ2) is 8.67. The van der Waals surface area contributed by atoms with E-state index in [1.54, 1.807) is 6.92 Å². The van der Waals surface area contributed by atoms with Crippen molar-refractivity contribution in [2.45, 2.75) is 32.1 Å². The zero-order valence-corrected chi connectivity index (χ0v) is 13.8. The van der Waals surface area contributed by atoms with Gasteiger partial charge < -0.3 is 16.0 Å². The highest BCUT2D eigenvalue weighted by Gasteiger charge is 2.28. The Morgan fingerprint density at radius 3 is 2.48 bits per heavy atom. The second-order valence-corrected chi connectivity index (χ2v) is 6.10. The number of carbonyl (C=O) groups excluding carboxylic acids is 2. The molecule has 1 atom stereocenters. The zero-order chi connectivity index (χ0) is 16.7. The lowest BCUT2D eigenvalue weighted by Crippen LogP contribution is -2.45. The average Bonchev–Trinajstić information content (AvgIpc) is 2.61.